The molecule has 0 amide bonds. The van der Waals surface area contributed by atoms with Gasteiger partial charge in [0.2, 0.25) is 0 Å². The van der Waals surface area contributed by atoms with Gasteiger partial charge in [0.25, 0.3) is 0 Å². The van der Waals surface area contributed by atoms with Gasteiger partial charge in [-0.15, -0.1) is 0 Å². The molecule has 17 heavy (non-hydrogen) atoms. The van der Waals surface area contributed by atoms with Gasteiger partial charge in [-0.2, -0.15) is 5.10 Å². The Kier molecular flexibility index (Phi) is 5.30. The van der Waals surface area contributed by atoms with Crippen LogP contribution in [0.1, 0.15) is 17.8 Å². The second-order valence-corrected chi connectivity index (χ2v) is 4.79. The van der Waals surface area contributed by atoms with Crippen LogP contribution in [0.3, 0.4) is 0 Å². The Bertz CT molecular complexity index is 404. The first-order valence-electron chi connectivity index (χ1n) is 5.42. The summed E-state index contributed by atoms with van der Waals surface area (Å²) in [5.41, 5.74) is 7.52. The number of aryl methyl sites for hydroxylation is 2. The van der Waals surface area contributed by atoms with Crippen LogP contribution in [0.5, 0.6) is 0 Å². The summed E-state index contributed by atoms with van der Waals surface area (Å²) in [5, 5.41) is 4.24. The molecular formula is C11H18BrN3O2. The van der Waals surface area contributed by atoms with Crippen molar-refractivity contribution in [3.63, 3.8) is 0 Å². The number of carbonyl (C=O) groups is 1. The molecule has 1 atom stereocenters. The molecule has 0 aromatic carbocycles. The standard InChI is InChI=1S/C11H18BrN3O2/c1-7-11(12)9(15(2)14-7)6-10(16)8(13)4-5-17-3/h8H,4-6,13H2,1-3H3. The van der Waals surface area contributed by atoms with Crippen LogP contribution in [-0.2, 0) is 23.0 Å². The Hall–Kier alpha value is -0.720. The Morgan fingerprint density at radius 2 is 2.29 bits per heavy atom. The number of Topliss-reactive ketones (excluding diaryl/α,β-unsaturated/α-hetero) is 1. The van der Waals surface area contributed by atoms with Crippen molar-refractivity contribution >= 4 is 21.7 Å². The van der Waals surface area contributed by atoms with Crippen LogP contribution in [0.25, 0.3) is 0 Å². The maximum Gasteiger partial charge on any atom is 0.155 e. The van der Waals surface area contributed by atoms with Crippen LogP contribution in [0, 0.1) is 6.92 Å². The van der Waals surface area contributed by atoms with Gasteiger partial charge in [0.1, 0.15) is 0 Å². The largest absolute Gasteiger partial charge is 0.385 e. The minimum Gasteiger partial charge on any atom is -0.385 e. The van der Waals surface area contributed by atoms with Gasteiger partial charge in [-0.3, -0.25) is 9.48 Å². The van der Waals surface area contributed by atoms with Crippen molar-refractivity contribution in [2.45, 2.75) is 25.8 Å². The average molecular weight is 304 g/mol. The van der Waals surface area contributed by atoms with Crippen LogP contribution >= 0.6 is 15.9 Å². The van der Waals surface area contributed by atoms with Crippen LogP contribution in [0.15, 0.2) is 4.47 Å². The van der Waals surface area contributed by atoms with Gasteiger partial charge in [-0.1, -0.05) is 0 Å². The molecule has 6 heteroatoms. The maximum atomic E-state index is 11.9. The van der Waals surface area contributed by atoms with E-state index >= 15 is 0 Å². The van der Waals surface area contributed by atoms with Crippen molar-refractivity contribution in [1.82, 2.24) is 9.78 Å². The monoisotopic (exact) mass is 303 g/mol. The summed E-state index contributed by atoms with van der Waals surface area (Å²) in [6.07, 6.45) is 0.840. The predicted molar refractivity (Wildman–Crippen MR) is 68.8 cm³/mol. The van der Waals surface area contributed by atoms with E-state index in [1.54, 1.807) is 11.8 Å². The molecule has 0 aliphatic carbocycles. The van der Waals surface area contributed by atoms with Gasteiger partial charge in [0, 0.05) is 20.8 Å². The lowest BCUT2D eigenvalue weighted by atomic mass is 10.1. The van der Waals surface area contributed by atoms with E-state index in [1.165, 1.54) is 0 Å². The van der Waals surface area contributed by atoms with Gasteiger partial charge < -0.3 is 10.5 Å². The average Bonchev–Trinajstić information content (AvgIpc) is 2.52. The van der Waals surface area contributed by atoms with E-state index in [4.69, 9.17) is 10.5 Å². The molecule has 0 radical (unpaired) electrons. The molecule has 96 valence electrons. The number of halogens is 1. The second-order valence-electron chi connectivity index (χ2n) is 4.00. The van der Waals surface area contributed by atoms with Gasteiger partial charge >= 0.3 is 0 Å². The third kappa shape index (κ3) is 3.62. The van der Waals surface area contributed by atoms with Crippen molar-refractivity contribution in [3.05, 3.63) is 15.9 Å². The molecule has 1 aromatic heterocycles. The summed E-state index contributed by atoms with van der Waals surface area (Å²) in [6, 6.07) is -0.475. The number of ketones is 1. The van der Waals surface area contributed by atoms with Crippen molar-refractivity contribution in [2.75, 3.05) is 13.7 Å². The van der Waals surface area contributed by atoms with E-state index < -0.39 is 6.04 Å². The molecule has 0 aliphatic rings. The fourth-order valence-corrected chi connectivity index (χ4v) is 2.05. The number of nitrogens with two attached hydrogens (primary N) is 1. The molecule has 1 unspecified atom stereocenters. The zero-order valence-corrected chi connectivity index (χ0v) is 12.0. The van der Waals surface area contributed by atoms with E-state index in [0.717, 1.165) is 15.9 Å². The van der Waals surface area contributed by atoms with Gasteiger partial charge in [-0.25, -0.2) is 0 Å². The van der Waals surface area contributed by atoms with Crippen LogP contribution in [0.4, 0.5) is 0 Å². The highest BCUT2D eigenvalue weighted by atomic mass is 79.9. The smallest absolute Gasteiger partial charge is 0.155 e. The van der Waals surface area contributed by atoms with Gasteiger partial charge in [0.15, 0.2) is 5.78 Å². The normalized spacial score (nSPS) is 12.8. The highest BCUT2D eigenvalue weighted by molar-refractivity contribution is 9.10. The van der Waals surface area contributed by atoms with Crippen molar-refractivity contribution in [2.24, 2.45) is 12.8 Å². The molecule has 0 aliphatic heterocycles. The zero-order valence-electron chi connectivity index (χ0n) is 10.4. The molecule has 0 saturated carbocycles. The number of rotatable bonds is 6. The lowest BCUT2D eigenvalue weighted by Crippen LogP contribution is -2.33. The number of ether oxygens (including phenoxy) is 1. The van der Waals surface area contributed by atoms with Gasteiger partial charge in [0.05, 0.1) is 28.3 Å². The van der Waals surface area contributed by atoms with Gasteiger partial charge in [-0.05, 0) is 29.3 Å². The summed E-state index contributed by atoms with van der Waals surface area (Å²) < 4.78 is 7.50. The van der Waals surface area contributed by atoms with E-state index in [2.05, 4.69) is 21.0 Å². The second kappa shape index (κ2) is 6.28. The van der Waals surface area contributed by atoms with Crippen LogP contribution in [-0.4, -0.2) is 35.3 Å². The lowest BCUT2D eigenvalue weighted by Gasteiger charge is -2.10. The van der Waals surface area contributed by atoms with Crippen molar-refractivity contribution in [1.29, 1.82) is 0 Å². The first-order valence-corrected chi connectivity index (χ1v) is 6.21. The third-order valence-electron chi connectivity index (χ3n) is 2.65. The molecule has 0 fully saturated rings. The summed E-state index contributed by atoms with van der Waals surface area (Å²) >= 11 is 3.43. The fourth-order valence-electron chi connectivity index (χ4n) is 1.57. The van der Waals surface area contributed by atoms with Crippen LogP contribution < -0.4 is 5.73 Å². The Morgan fingerprint density at radius 3 is 2.76 bits per heavy atom. The van der Waals surface area contributed by atoms with Crippen molar-refractivity contribution < 1.29 is 9.53 Å². The minimum atomic E-state index is -0.475. The summed E-state index contributed by atoms with van der Waals surface area (Å²) in [7, 11) is 3.42. The molecule has 0 saturated heterocycles. The maximum absolute atomic E-state index is 11.9. The zero-order chi connectivity index (χ0) is 13.0. The molecule has 5 nitrogen and oxygen atoms in total. The number of hydrogen-bond donors (Lipinski definition) is 1. The van der Waals surface area contributed by atoms with Crippen molar-refractivity contribution in [3.8, 4) is 0 Å². The SMILES string of the molecule is COCCC(N)C(=O)Cc1c(Br)c(C)nn1C. The molecule has 1 aromatic rings. The molecule has 2 N–H and O–H groups in total. The summed E-state index contributed by atoms with van der Waals surface area (Å²) in [5.74, 6) is 0.00532. The lowest BCUT2D eigenvalue weighted by molar-refractivity contribution is -0.120. The number of hydrogen-bond acceptors (Lipinski definition) is 4. The first-order chi connectivity index (χ1) is 7.97. The minimum absolute atomic E-state index is 0.00532. The van der Waals surface area contributed by atoms with E-state index in [1.807, 2.05) is 14.0 Å². The molecular weight excluding hydrogens is 286 g/mol. The molecule has 0 spiro atoms. The molecule has 0 bridgehead atoms. The Labute approximate surface area is 109 Å². The van der Waals surface area contributed by atoms with E-state index in [0.29, 0.717) is 19.4 Å². The number of carbonyl (C=O) groups excluding carboxylic acids is 1. The number of nitrogens with zero attached hydrogens (tertiary/aromatic N) is 2. The Morgan fingerprint density at radius 1 is 1.65 bits per heavy atom. The predicted octanol–water partition coefficient (Wildman–Crippen LogP) is 0.966. The third-order valence-corrected chi connectivity index (χ3v) is 3.68. The topological polar surface area (TPSA) is 70.1 Å². The number of methoxy groups -OCH3 is 1. The van der Waals surface area contributed by atoms with Crippen LogP contribution in [0.2, 0.25) is 0 Å². The highest BCUT2D eigenvalue weighted by Gasteiger charge is 2.18. The van der Waals surface area contributed by atoms with E-state index in [9.17, 15) is 4.79 Å². The fraction of sp³-hybridized carbons (Fsp3) is 0.636. The number of aromatic nitrogens is 2. The highest BCUT2D eigenvalue weighted by Crippen LogP contribution is 2.21. The summed E-state index contributed by atoms with van der Waals surface area (Å²) in [6.45, 7) is 2.39. The summed E-state index contributed by atoms with van der Waals surface area (Å²) in [4.78, 5) is 11.9. The Balaban J connectivity index is 2.67. The molecule has 1 rings (SSSR count). The molecule has 1 heterocycles. The quantitative estimate of drug-likeness (QED) is 0.850. The van der Waals surface area contributed by atoms with E-state index in [-0.39, 0.29) is 5.78 Å². The first kappa shape index (κ1) is 14.3.